The van der Waals surface area contributed by atoms with Crippen LogP contribution in [0.3, 0.4) is 0 Å². The van der Waals surface area contributed by atoms with Gasteiger partial charge < -0.3 is 20.5 Å². The summed E-state index contributed by atoms with van der Waals surface area (Å²) in [7, 11) is -3.28. The largest absolute Gasteiger partial charge is 0.453 e. The second kappa shape index (κ2) is 16.7. The number of carbonyl (C=O) groups excluding carboxylic acids is 2. The maximum atomic E-state index is 14.9. The number of pyridine rings is 1. The Bertz CT molecular complexity index is 2100. The van der Waals surface area contributed by atoms with E-state index in [1.54, 1.807) is 60.7 Å². The number of nitrogens with one attached hydrogen (secondary N) is 2. The van der Waals surface area contributed by atoms with Crippen molar-refractivity contribution >= 4 is 39.0 Å². The van der Waals surface area contributed by atoms with Gasteiger partial charge in [0.1, 0.15) is 17.3 Å². The molecule has 3 N–H and O–H groups in total. The van der Waals surface area contributed by atoms with E-state index in [9.17, 15) is 36.3 Å². The summed E-state index contributed by atoms with van der Waals surface area (Å²) in [5, 5.41) is 19.2. The van der Waals surface area contributed by atoms with Gasteiger partial charge in [-0.25, -0.2) is 22.7 Å². The van der Waals surface area contributed by atoms with E-state index in [0.29, 0.717) is 34.5 Å². The molecule has 54 heavy (non-hydrogen) atoms. The second-order valence-electron chi connectivity index (χ2n) is 13.7. The van der Waals surface area contributed by atoms with Crippen LogP contribution in [0.25, 0.3) is 5.65 Å². The first-order valence-corrected chi connectivity index (χ1v) is 19.1. The number of fused-ring (bicyclic) bond motifs is 1. The average molecular weight is 787 g/mol. The zero-order chi connectivity index (χ0) is 39.3. The van der Waals surface area contributed by atoms with Gasteiger partial charge in [0.25, 0.3) is 0 Å². The number of thiophene rings is 1. The molecule has 5 aromatic rings. The molecule has 0 aliphatic heterocycles. The van der Waals surface area contributed by atoms with Gasteiger partial charge in [-0.15, -0.1) is 11.3 Å². The highest BCUT2D eigenvalue weighted by Gasteiger charge is 2.46. The number of hydrogen-bond donors (Lipinski definition) is 3. The number of alkyl halides is 3. The molecule has 0 aliphatic rings. The van der Waals surface area contributed by atoms with Crippen molar-refractivity contribution in [3.05, 3.63) is 118 Å². The number of alkyl carbamates (subject to hydrolysis) is 1. The Morgan fingerprint density at radius 2 is 1.54 bits per heavy atom. The predicted octanol–water partition coefficient (Wildman–Crippen LogP) is 6.23. The Morgan fingerprint density at radius 3 is 2.09 bits per heavy atom. The van der Waals surface area contributed by atoms with Gasteiger partial charge >= 0.3 is 12.3 Å². The summed E-state index contributed by atoms with van der Waals surface area (Å²) in [5.74, 6) is -2.07. The van der Waals surface area contributed by atoms with Crippen molar-refractivity contribution in [2.75, 3.05) is 20.3 Å². The summed E-state index contributed by atoms with van der Waals surface area (Å²) in [5.41, 5.74) is 1.15. The number of sulfonamides is 1. The molecule has 3 heterocycles. The minimum absolute atomic E-state index is 0.0691. The fraction of sp³-hybridized carbons (Fsp3) is 0.351. The van der Waals surface area contributed by atoms with E-state index in [0.717, 1.165) is 17.5 Å². The topological polar surface area (TPSA) is 155 Å². The summed E-state index contributed by atoms with van der Waals surface area (Å²) >= 11 is 0.610. The van der Waals surface area contributed by atoms with Gasteiger partial charge in [-0.1, -0.05) is 81.4 Å². The highest BCUT2D eigenvalue weighted by atomic mass is 32.2. The number of ether oxygens (including phenoxy) is 1. The van der Waals surface area contributed by atoms with Crippen LogP contribution in [0, 0.1) is 5.41 Å². The SMILES string of the molecule is COC(=O)N[C@H](C(=O)N[C@H](c1ccc([C@@H](CO)N(CCC(C)(C)C)S(=O)(=O)c2ccc3ncnn3c2)s1)C(F)(F)F)C(c1ccccc1)c1ccccc1. The van der Waals surface area contributed by atoms with E-state index >= 15 is 0 Å². The van der Waals surface area contributed by atoms with Crippen molar-refractivity contribution in [3.63, 3.8) is 0 Å². The van der Waals surface area contributed by atoms with Crippen LogP contribution in [0.1, 0.15) is 66.1 Å². The van der Waals surface area contributed by atoms with Gasteiger partial charge in [0.15, 0.2) is 11.7 Å². The average Bonchev–Trinajstić information content (AvgIpc) is 3.81. The van der Waals surface area contributed by atoms with E-state index < -0.39 is 58.9 Å². The molecule has 3 atom stereocenters. The second-order valence-corrected chi connectivity index (χ2v) is 16.7. The highest BCUT2D eigenvalue weighted by molar-refractivity contribution is 7.89. The number of nitrogens with zero attached hydrogens (tertiary/aromatic N) is 4. The third-order valence-corrected chi connectivity index (χ3v) is 11.9. The molecule has 17 heteroatoms. The number of rotatable bonds is 14. The number of carbonyl (C=O) groups is 2. The zero-order valence-corrected chi connectivity index (χ0v) is 31.5. The van der Waals surface area contributed by atoms with Gasteiger partial charge in [-0.05, 0) is 47.2 Å². The molecule has 0 spiro atoms. The first-order valence-electron chi connectivity index (χ1n) is 16.9. The highest BCUT2D eigenvalue weighted by Crippen LogP contribution is 2.41. The number of benzene rings is 2. The molecule has 0 aliphatic carbocycles. The van der Waals surface area contributed by atoms with E-state index in [1.807, 2.05) is 20.8 Å². The van der Waals surface area contributed by atoms with Gasteiger partial charge in [0, 0.05) is 22.2 Å². The number of methoxy groups -OCH3 is 1. The molecule has 2 amide bonds. The lowest BCUT2D eigenvalue weighted by atomic mass is 9.84. The number of aliphatic hydroxyl groups excluding tert-OH is 1. The van der Waals surface area contributed by atoms with E-state index in [2.05, 4.69) is 20.7 Å². The molecule has 0 saturated heterocycles. The molecule has 3 aromatic heterocycles. The zero-order valence-electron chi connectivity index (χ0n) is 29.9. The third-order valence-electron chi connectivity index (χ3n) is 8.72. The third kappa shape index (κ3) is 9.44. The van der Waals surface area contributed by atoms with Crippen LogP contribution < -0.4 is 10.6 Å². The van der Waals surface area contributed by atoms with Crippen molar-refractivity contribution in [3.8, 4) is 0 Å². The Balaban J connectivity index is 1.52. The summed E-state index contributed by atoms with van der Waals surface area (Å²) in [6, 6.07) is 17.0. The first kappa shape index (κ1) is 40.3. The smallest absolute Gasteiger partial charge is 0.413 e. The van der Waals surface area contributed by atoms with E-state index in [4.69, 9.17) is 4.74 Å². The molecular weight excluding hydrogens is 746 g/mol. The molecule has 0 bridgehead atoms. The van der Waals surface area contributed by atoms with Crippen molar-refractivity contribution in [2.24, 2.45) is 5.41 Å². The Kier molecular flexibility index (Phi) is 12.5. The van der Waals surface area contributed by atoms with Crippen LogP contribution >= 0.6 is 11.3 Å². The minimum atomic E-state index is -5.03. The standard InChI is InChI=1S/C37H41F3N6O6S2/c1-36(2,3)19-20-46(54(50,51)26-15-18-30-41-23-42-45(30)21-26)27(22-47)28-16-17-29(53-28)33(37(38,39)40)44-34(48)32(43-35(49)52-4)31(24-11-7-5-8-12-24)25-13-9-6-10-14-25/h5-18,21,23,27,31-33,47H,19-20,22H2,1-4H3,(H,43,49)(H,44,48)/t27-,32+,33-/m1/s1. The van der Waals surface area contributed by atoms with Gasteiger partial charge in [0.05, 0.1) is 26.0 Å². The van der Waals surface area contributed by atoms with Crippen LogP contribution in [0.15, 0.2) is 102 Å². The Hall–Kier alpha value is -4.84. The van der Waals surface area contributed by atoms with Crippen LogP contribution in [0.4, 0.5) is 18.0 Å². The number of amides is 2. The quantitative estimate of drug-likeness (QED) is 0.120. The predicted molar refractivity (Wildman–Crippen MR) is 196 cm³/mol. The van der Waals surface area contributed by atoms with Crippen LogP contribution in [-0.4, -0.2) is 76.9 Å². The number of aromatic nitrogens is 3. The normalized spacial score (nSPS) is 14.2. The lowest BCUT2D eigenvalue weighted by Gasteiger charge is -2.32. The van der Waals surface area contributed by atoms with Gasteiger partial charge in [0.2, 0.25) is 15.9 Å². The fourth-order valence-corrected chi connectivity index (χ4v) is 8.78. The maximum absolute atomic E-state index is 14.9. The molecule has 0 fully saturated rings. The first-order chi connectivity index (χ1) is 25.5. The lowest BCUT2D eigenvalue weighted by Crippen LogP contribution is -2.52. The van der Waals surface area contributed by atoms with Crippen molar-refractivity contribution in [2.45, 2.75) is 62.3 Å². The number of halogens is 3. The van der Waals surface area contributed by atoms with Crippen LogP contribution in [-0.2, 0) is 19.6 Å². The van der Waals surface area contributed by atoms with Crippen molar-refractivity contribution < 1.29 is 41.0 Å². The van der Waals surface area contributed by atoms with Crippen molar-refractivity contribution in [1.82, 2.24) is 29.5 Å². The molecule has 0 unspecified atom stereocenters. The molecule has 2 aromatic carbocycles. The maximum Gasteiger partial charge on any atom is 0.413 e. The molecule has 288 valence electrons. The van der Waals surface area contributed by atoms with E-state index in [-0.39, 0.29) is 26.6 Å². The van der Waals surface area contributed by atoms with Crippen LogP contribution in [0.2, 0.25) is 0 Å². The lowest BCUT2D eigenvalue weighted by molar-refractivity contribution is -0.163. The Morgan fingerprint density at radius 1 is 0.926 bits per heavy atom. The van der Waals surface area contributed by atoms with Crippen molar-refractivity contribution in [1.29, 1.82) is 0 Å². The molecule has 0 saturated carbocycles. The van der Waals surface area contributed by atoms with Crippen LogP contribution in [0.5, 0.6) is 0 Å². The number of hydrogen-bond acceptors (Lipinski definition) is 9. The summed E-state index contributed by atoms with van der Waals surface area (Å²) < 4.78 is 80.3. The number of aliphatic hydroxyl groups is 1. The summed E-state index contributed by atoms with van der Waals surface area (Å²) in [6.45, 7) is 4.92. The molecule has 12 nitrogen and oxygen atoms in total. The van der Waals surface area contributed by atoms with Gasteiger partial charge in [-0.2, -0.15) is 22.6 Å². The molecule has 0 radical (unpaired) electrons. The summed E-state index contributed by atoms with van der Waals surface area (Å²) in [4.78, 5) is 30.2. The summed E-state index contributed by atoms with van der Waals surface area (Å²) in [6.07, 6.45) is -3.16. The van der Waals surface area contributed by atoms with E-state index in [1.165, 1.54) is 35.2 Å². The van der Waals surface area contributed by atoms with Gasteiger partial charge in [-0.3, -0.25) is 4.79 Å². The monoisotopic (exact) mass is 786 g/mol. The fourth-order valence-electron chi connectivity index (χ4n) is 5.93. The molecule has 5 rings (SSSR count). The minimum Gasteiger partial charge on any atom is -0.453 e. The Labute approximate surface area is 315 Å². The molecular formula is C37H41F3N6O6S2.